The average molecular weight is 523 g/mol. The maximum absolute atomic E-state index is 13.5. The molecule has 35 heavy (non-hydrogen) atoms. The molecule has 5 nitrogen and oxygen atoms in total. The Hall–Kier alpha value is -1.63. The van der Waals surface area contributed by atoms with Crippen molar-refractivity contribution in [2.24, 2.45) is 5.92 Å². The van der Waals surface area contributed by atoms with Crippen LogP contribution in [0.1, 0.15) is 63.5 Å². The first-order valence-corrected chi connectivity index (χ1v) is 13.4. The van der Waals surface area contributed by atoms with Gasteiger partial charge in [-0.25, -0.2) is 0 Å². The fraction of sp³-hybridized carbons (Fsp3) is 0.536. The van der Waals surface area contributed by atoms with E-state index in [-0.39, 0.29) is 36.6 Å². The van der Waals surface area contributed by atoms with E-state index in [2.05, 4.69) is 6.92 Å². The molecule has 2 aliphatic rings. The Balaban J connectivity index is 0.000000420. The van der Waals surface area contributed by atoms with Crippen molar-refractivity contribution >= 4 is 29.1 Å². The van der Waals surface area contributed by atoms with Crippen LogP contribution in [0.3, 0.4) is 0 Å². The molecule has 0 bridgehead atoms. The van der Waals surface area contributed by atoms with Crippen LogP contribution in [0.25, 0.3) is 0 Å². The molecule has 0 spiro atoms. The molecule has 5 atom stereocenters. The van der Waals surface area contributed by atoms with Crippen LogP contribution < -0.4 is 0 Å². The summed E-state index contributed by atoms with van der Waals surface area (Å²) in [6.07, 6.45) is 5.05. The highest BCUT2D eigenvalue weighted by atomic mass is 35.5. The third kappa shape index (κ3) is 7.93. The number of amides is 1. The lowest BCUT2D eigenvalue weighted by Crippen LogP contribution is -2.54. The second kappa shape index (κ2) is 14.2. The summed E-state index contributed by atoms with van der Waals surface area (Å²) in [7, 11) is 0. The summed E-state index contributed by atoms with van der Waals surface area (Å²) in [6.45, 7) is 2.55. The summed E-state index contributed by atoms with van der Waals surface area (Å²) < 4.78 is 6.07. The second-order valence-corrected chi connectivity index (χ2v) is 10.2. The highest BCUT2D eigenvalue weighted by Crippen LogP contribution is 2.40. The normalized spacial score (nSPS) is 24.3. The monoisotopic (exact) mass is 521 g/mol. The number of aliphatic hydroxyl groups excluding tert-OH is 2. The fourth-order valence-corrected chi connectivity index (χ4v) is 5.41. The largest absolute Gasteiger partial charge is 0.394 e. The van der Waals surface area contributed by atoms with Gasteiger partial charge in [0.15, 0.2) is 0 Å². The maximum Gasteiger partial charge on any atom is 0.226 e. The van der Waals surface area contributed by atoms with Crippen LogP contribution in [-0.4, -0.2) is 52.5 Å². The summed E-state index contributed by atoms with van der Waals surface area (Å²) in [5.41, 5.74) is 1.09. The highest BCUT2D eigenvalue weighted by Gasteiger charge is 2.42. The van der Waals surface area contributed by atoms with Crippen molar-refractivity contribution in [2.45, 2.75) is 76.2 Å². The number of hydrogen-bond donors (Lipinski definition) is 2. The number of rotatable bonds is 7. The molecule has 2 heterocycles. The summed E-state index contributed by atoms with van der Waals surface area (Å²) in [4.78, 5) is 15.5. The minimum atomic E-state index is -0.853. The molecule has 2 aliphatic heterocycles. The lowest BCUT2D eigenvalue weighted by Gasteiger charge is -2.47. The Morgan fingerprint density at radius 2 is 1.69 bits per heavy atom. The van der Waals surface area contributed by atoms with Crippen molar-refractivity contribution in [3.05, 3.63) is 70.2 Å². The van der Waals surface area contributed by atoms with E-state index in [4.69, 9.17) is 27.9 Å². The Kier molecular flexibility index (Phi) is 11.3. The van der Waals surface area contributed by atoms with Gasteiger partial charge >= 0.3 is 0 Å². The molecule has 0 aliphatic carbocycles. The van der Waals surface area contributed by atoms with Crippen LogP contribution in [-0.2, 0) is 9.53 Å². The van der Waals surface area contributed by atoms with Gasteiger partial charge in [0, 0.05) is 22.6 Å². The van der Waals surface area contributed by atoms with E-state index < -0.39 is 6.10 Å². The standard InChI is InChI=1S/C22H32ClNO4.C6H5Cl/c1-2-19(21-5-3-4-12-28-21)24-20(15-6-9-17(23)10-7-15)11-8-16(22(24)27)13-18(26)14-25;7-6-4-2-1-3-5-6/h6-7,9-10,16,18-21,25-26H,2-5,8,11-14H2,1H3;1-5H/t16-,18?,19+,20+,21?;/m1./s1. The van der Waals surface area contributed by atoms with Gasteiger partial charge in [0.1, 0.15) is 0 Å². The van der Waals surface area contributed by atoms with Gasteiger partial charge in [-0.3, -0.25) is 4.79 Å². The summed E-state index contributed by atoms with van der Waals surface area (Å²) in [5, 5.41) is 20.6. The van der Waals surface area contributed by atoms with Crippen molar-refractivity contribution in [1.82, 2.24) is 4.90 Å². The molecule has 2 fully saturated rings. The second-order valence-electron chi connectivity index (χ2n) is 9.34. The van der Waals surface area contributed by atoms with Crippen LogP contribution in [0.5, 0.6) is 0 Å². The van der Waals surface area contributed by atoms with Gasteiger partial charge in [-0.05, 0) is 74.8 Å². The van der Waals surface area contributed by atoms with Crippen molar-refractivity contribution < 1.29 is 19.7 Å². The number of likely N-dealkylation sites (tertiary alicyclic amines) is 1. The van der Waals surface area contributed by atoms with E-state index in [0.717, 1.165) is 49.3 Å². The first-order valence-electron chi connectivity index (χ1n) is 12.6. The zero-order chi connectivity index (χ0) is 25.2. The van der Waals surface area contributed by atoms with Crippen molar-refractivity contribution in [2.75, 3.05) is 13.2 Å². The number of carbonyl (C=O) groups is 1. The van der Waals surface area contributed by atoms with E-state index in [1.807, 2.05) is 59.5 Å². The summed E-state index contributed by atoms with van der Waals surface area (Å²) in [5.74, 6) is -0.192. The van der Waals surface area contributed by atoms with Crippen molar-refractivity contribution in [3.8, 4) is 0 Å². The highest BCUT2D eigenvalue weighted by molar-refractivity contribution is 6.30. The van der Waals surface area contributed by atoms with E-state index in [0.29, 0.717) is 17.9 Å². The van der Waals surface area contributed by atoms with Crippen LogP contribution in [0.15, 0.2) is 54.6 Å². The predicted octanol–water partition coefficient (Wildman–Crippen LogP) is 6.05. The fourth-order valence-electron chi connectivity index (χ4n) is 5.14. The number of carbonyl (C=O) groups excluding carboxylic acids is 1. The Morgan fingerprint density at radius 3 is 2.23 bits per heavy atom. The molecule has 0 saturated carbocycles. The van der Waals surface area contributed by atoms with Crippen LogP contribution in [0.2, 0.25) is 10.0 Å². The molecule has 0 radical (unpaired) electrons. The lowest BCUT2D eigenvalue weighted by molar-refractivity contribution is -0.154. The van der Waals surface area contributed by atoms with E-state index in [9.17, 15) is 15.0 Å². The molecule has 7 heteroatoms. The number of aliphatic hydroxyl groups is 2. The molecular weight excluding hydrogens is 485 g/mol. The molecule has 2 unspecified atom stereocenters. The van der Waals surface area contributed by atoms with Crippen molar-refractivity contribution in [1.29, 1.82) is 0 Å². The lowest BCUT2D eigenvalue weighted by atomic mass is 9.83. The first kappa shape index (κ1) is 27.9. The minimum absolute atomic E-state index is 0.0113. The molecule has 192 valence electrons. The maximum atomic E-state index is 13.5. The van der Waals surface area contributed by atoms with Gasteiger partial charge in [-0.15, -0.1) is 0 Å². The molecule has 2 aromatic rings. The molecule has 2 N–H and O–H groups in total. The van der Waals surface area contributed by atoms with E-state index in [1.54, 1.807) is 0 Å². The zero-order valence-corrected chi connectivity index (χ0v) is 21.9. The Labute approximate surface area is 219 Å². The Morgan fingerprint density at radius 1 is 1.00 bits per heavy atom. The number of benzene rings is 2. The number of hydrogen-bond acceptors (Lipinski definition) is 4. The molecular formula is C28H37Cl2NO4. The third-order valence-electron chi connectivity index (χ3n) is 6.90. The first-order chi connectivity index (χ1) is 16.9. The van der Waals surface area contributed by atoms with Gasteiger partial charge in [-0.2, -0.15) is 0 Å². The van der Waals surface area contributed by atoms with Crippen LogP contribution in [0, 0.1) is 5.92 Å². The summed E-state index contributed by atoms with van der Waals surface area (Å²) in [6, 6.07) is 17.2. The van der Waals surface area contributed by atoms with E-state index in [1.165, 1.54) is 0 Å². The van der Waals surface area contributed by atoms with Gasteiger partial charge in [0.05, 0.1) is 30.9 Å². The van der Waals surface area contributed by atoms with E-state index >= 15 is 0 Å². The topological polar surface area (TPSA) is 70.0 Å². The zero-order valence-electron chi connectivity index (χ0n) is 20.4. The Bertz CT molecular complexity index is 890. The van der Waals surface area contributed by atoms with Gasteiger partial charge in [0.2, 0.25) is 5.91 Å². The number of nitrogens with zero attached hydrogens (tertiary/aromatic N) is 1. The van der Waals surface area contributed by atoms with Crippen molar-refractivity contribution in [3.63, 3.8) is 0 Å². The van der Waals surface area contributed by atoms with Gasteiger partial charge < -0.3 is 19.8 Å². The molecule has 2 saturated heterocycles. The number of piperidine rings is 1. The number of ether oxygens (including phenoxy) is 1. The molecule has 0 aromatic heterocycles. The SMILES string of the molecule is CC[C@@H](C1CCCCO1)N1C(=O)[C@@H](CC(O)CO)CC[C@H]1c1ccc(Cl)cc1.Clc1ccccc1. The minimum Gasteiger partial charge on any atom is -0.394 e. The number of halogens is 2. The smallest absolute Gasteiger partial charge is 0.226 e. The van der Waals surface area contributed by atoms with Crippen LogP contribution in [0.4, 0.5) is 0 Å². The quantitative estimate of drug-likeness (QED) is 0.465. The molecule has 1 amide bonds. The predicted molar refractivity (Wildman–Crippen MR) is 141 cm³/mol. The average Bonchev–Trinajstić information content (AvgIpc) is 2.88. The van der Waals surface area contributed by atoms with Crippen LogP contribution >= 0.6 is 23.2 Å². The molecule has 4 rings (SSSR count). The molecule has 2 aromatic carbocycles. The summed E-state index contributed by atoms with van der Waals surface area (Å²) >= 11 is 11.6. The third-order valence-corrected chi connectivity index (χ3v) is 7.41. The van der Waals surface area contributed by atoms with Gasteiger partial charge in [-0.1, -0.05) is 60.5 Å². The van der Waals surface area contributed by atoms with Gasteiger partial charge in [0.25, 0.3) is 0 Å².